The van der Waals surface area contributed by atoms with E-state index in [1.54, 1.807) is 6.20 Å². The normalized spacial score (nSPS) is 19.7. The number of carbonyl (C=O) groups is 1. The lowest BCUT2D eigenvalue weighted by atomic mass is 9.91. The smallest absolute Gasteiger partial charge is 0.255 e. The van der Waals surface area contributed by atoms with Crippen LogP contribution in [0, 0.1) is 5.92 Å². The first-order valence-corrected chi connectivity index (χ1v) is 8.75. The van der Waals surface area contributed by atoms with Gasteiger partial charge in [0.05, 0.1) is 17.9 Å². The molecule has 0 spiro atoms. The van der Waals surface area contributed by atoms with Gasteiger partial charge < -0.3 is 9.64 Å². The van der Waals surface area contributed by atoms with Gasteiger partial charge in [-0.3, -0.25) is 9.78 Å². The summed E-state index contributed by atoms with van der Waals surface area (Å²) >= 11 is 0. The molecule has 1 fully saturated rings. The minimum Gasteiger partial charge on any atom is -0.493 e. The number of likely N-dealkylation sites (tertiary alicyclic amines) is 1. The van der Waals surface area contributed by atoms with E-state index in [9.17, 15) is 4.79 Å². The molecule has 0 unspecified atom stereocenters. The van der Waals surface area contributed by atoms with Crippen molar-refractivity contribution >= 4 is 5.91 Å². The number of carbonyl (C=O) groups excluding carboxylic acids is 1. The van der Waals surface area contributed by atoms with Gasteiger partial charge in [-0.2, -0.15) is 0 Å². The third-order valence-corrected chi connectivity index (χ3v) is 4.95. The second-order valence-corrected chi connectivity index (χ2v) is 6.69. The van der Waals surface area contributed by atoms with Crippen LogP contribution in [0.2, 0.25) is 0 Å². The van der Waals surface area contributed by atoms with Gasteiger partial charge in [-0.05, 0) is 49.4 Å². The molecule has 0 N–H and O–H groups in total. The Kier molecular flexibility index (Phi) is 4.20. The highest BCUT2D eigenvalue weighted by Gasteiger charge is 2.25. The van der Waals surface area contributed by atoms with Crippen LogP contribution in [0.3, 0.4) is 0 Å². The molecule has 0 bridgehead atoms. The minimum absolute atomic E-state index is 0.132. The van der Waals surface area contributed by atoms with Crippen molar-refractivity contribution in [3.63, 3.8) is 0 Å². The lowest BCUT2D eigenvalue weighted by Gasteiger charge is -2.26. The SMILES string of the molecule is O=C(c1cccnc1C[C@H]1COc2ccccc2C1)N1CCCC1. The van der Waals surface area contributed by atoms with Crippen molar-refractivity contribution in [1.29, 1.82) is 0 Å². The van der Waals surface area contributed by atoms with Gasteiger partial charge in [0, 0.05) is 25.2 Å². The molecule has 2 aliphatic heterocycles. The van der Waals surface area contributed by atoms with Crippen molar-refractivity contribution in [2.24, 2.45) is 5.92 Å². The van der Waals surface area contributed by atoms with Crippen LogP contribution in [0.4, 0.5) is 0 Å². The number of ether oxygens (including phenoxy) is 1. The van der Waals surface area contributed by atoms with Crippen molar-refractivity contribution in [3.05, 3.63) is 59.4 Å². The summed E-state index contributed by atoms with van der Waals surface area (Å²) in [7, 11) is 0. The van der Waals surface area contributed by atoms with E-state index in [1.165, 1.54) is 5.56 Å². The fourth-order valence-corrected chi connectivity index (χ4v) is 3.68. The number of nitrogens with zero attached hydrogens (tertiary/aromatic N) is 2. The first kappa shape index (κ1) is 15.2. The maximum absolute atomic E-state index is 12.8. The molecule has 0 aliphatic carbocycles. The lowest BCUT2D eigenvalue weighted by Crippen LogP contribution is -2.30. The van der Waals surface area contributed by atoms with E-state index >= 15 is 0 Å². The van der Waals surface area contributed by atoms with Gasteiger partial charge in [0.2, 0.25) is 0 Å². The van der Waals surface area contributed by atoms with Crippen LogP contribution in [0.1, 0.15) is 34.5 Å². The molecule has 1 aromatic heterocycles. The molecule has 124 valence electrons. The molecule has 4 heteroatoms. The molecular weight excluding hydrogens is 300 g/mol. The highest BCUT2D eigenvalue weighted by Crippen LogP contribution is 2.29. The number of para-hydroxylation sites is 1. The topological polar surface area (TPSA) is 42.4 Å². The first-order chi connectivity index (χ1) is 11.8. The van der Waals surface area contributed by atoms with E-state index in [0.717, 1.165) is 55.8 Å². The second-order valence-electron chi connectivity index (χ2n) is 6.69. The van der Waals surface area contributed by atoms with E-state index in [4.69, 9.17) is 4.74 Å². The Morgan fingerprint density at radius 2 is 2.00 bits per heavy atom. The molecule has 24 heavy (non-hydrogen) atoms. The van der Waals surface area contributed by atoms with Gasteiger partial charge in [0.1, 0.15) is 5.75 Å². The highest BCUT2D eigenvalue weighted by molar-refractivity contribution is 5.95. The first-order valence-electron chi connectivity index (χ1n) is 8.75. The number of rotatable bonds is 3. The Labute approximate surface area is 142 Å². The molecule has 0 saturated carbocycles. The zero-order chi connectivity index (χ0) is 16.4. The number of aromatic nitrogens is 1. The fourth-order valence-electron chi connectivity index (χ4n) is 3.68. The standard InChI is InChI=1S/C20H22N2O2/c23-20(22-10-3-4-11-22)17-7-5-9-21-18(17)13-15-12-16-6-1-2-8-19(16)24-14-15/h1-2,5-9,15H,3-4,10-14H2/t15-/m0/s1. The Morgan fingerprint density at radius 3 is 2.88 bits per heavy atom. The predicted octanol–water partition coefficient (Wildman–Crippen LogP) is 3.11. The zero-order valence-electron chi connectivity index (χ0n) is 13.8. The average Bonchev–Trinajstić information content (AvgIpc) is 3.16. The minimum atomic E-state index is 0.132. The van der Waals surface area contributed by atoms with Crippen LogP contribution in [0.5, 0.6) is 5.75 Å². The molecular formula is C20H22N2O2. The number of pyridine rings is 1. The fraction of sp³-hybridized carbons (Fsp3) is 0.400. The average molecular weight is 322 g/mol. The molecule has 1 aromatic carbocycles. The second kappa shape index (κ2) is 6.63. The molecule has 3 heterocycles. The van der Waals surface area contributed by atoms with E-state index in [0.29, 0.717) is 12.5 Å². The Hall–Kier alpha value is -2.36. The monoisotopic (exact) mass is 322 g/mol. The molecule has 4 rings (SSSR count). The van der Waals surface area contributed by atoms with E-state index < -0.39 is 0 Å². The predicted molar refractivity (Wildman–Crippen MR) is 92.2 cm³/mol. The van der Waals surface area contributed by atoms with Gasteiger partial charge in [-0.15, -0.1) is 0 Å². The third kappa shape index (κ3) is 3.01. The Balaban J connectivity index is 1.52. The van der Waals surface area contributed by atoms with Gasteiger partial charge in [0.25, 0.3) is 5.91 Å². The maximum atomic E-state index is 12.8. The van der Waals surface area contributed by atoms with Crippen molar-refractivity contribution in [3.8, 4) is 5.75 Å². The molecule has 2 aliphatic rings. The molecule has 0 radical (unpaired) electrons. The molecule has 2 aromatic rings. The van der Waals surface area contributed by atoms with Crippen molar-refractivity contribution < 1.29 is 9.53 Å². The van der Waals surface area contributed by atoms with Gasteiger partial charge >= 0.3 is 0 Å². The summed E-state index contributed by atoms with van der Waals surface area (Å²) in [5, 5.41) is 0. The largest absolute Gasteiger partial charge is 0.493 e. The van der Waals surface area contributed by atoms with Crippen LogP contribution < -0.4 is 4.74 Å². The number of amides is 1. The van der Waals surface area contributed by atoms with E-state index in [1.807, 2.05) is 35.2 Å². The van der Waals surface area contributed by atoms with Crippen LogP contribution >= 0.6 is 0 Å². The summed E-state index contributed by atoms with van der Waals surface area (Å²) in [6, 6.07) is 12.0. The molecule has 1 atom stereocenters. The molecule has 4 nitrogen and oxygen atoms in total. The summed E-state index contributed by atoms with van der Waals surface area (Å²) < 4.78 is 5.89. The summed E-state index contributed by atoms with van der Waals surface area (Å²) in [4.78, 5) is 19.2. The van der Waals surface area contributed by atoms with Crippen molar-refractivity contribution in [1.82, 2.24) is 9.88 Å². The van der Waals surface area contributed by atoms with Crippen molar-refractivity contribution in [2.45, 2.75) is 25.7 Å². The van der Waals surface area contributed by atoms with E-state index in [-0.39, 0.29) is 5.91 Å². The highest BCUT2D eigenvalue weighted by atomic mass is 16.5. The Morgan fingerprint density at radius 1 is 1.17 bits per heavy atom. The van der Waals surface area contributed by atoms with E-state index in [2.05, 4.69) is 11.1 Å². The maximum Gasteiger partial charge on any atom is 0.255 e. The Bertz CT molecular complexity index is 738. The zero-order valence-corrected chi connectivity index (χ0v) is 13.8. The number of hydrogen-bond donors (Lipinski definition) is 0. The number of hydrogen-bond acceptors (Lipinski definition) is 3. The van der Waals surface area contributed by atoms with Gasteiger partial charge in [0.15, 0.2) is 0 Å². The summed E-state index contributed by atoms with van der Waals surface area (Å²) in [5.41, 5.74) is 2.91. The summed E-state index contributed by atoms with van der Waals surface area (Å²) in [5.74, 6) is 1.48. The summed E-state index contributed by atoms with van der Waals surface area (Å²) in [6.07, 6.45) is 5.76. The van der Waals surface area contributed by atoms with Crippen LogP contribution in [0.25, 0.3) is 0 Å². The van der Waals surface area contributed by atoms with Gasteiger partial charge in [-0.1, -0.05) is 18.2 Å². The lowest BCUT2D eigenvalue weighted by molar-refractivity contribution is 0.0790. The molecule has 1 amide bonds. The van der Waals surface area contributed by atoms with Crippen molar-refractivity contribution in [2.75, 3.05) is 19.7 Å². The van der Waals surface area contributed by atoms with Crippen LogP contribution in [-0.4, -0.2) is 35.5 Å². The van der Waals surface area contributed by atoms with Crippen LogP contribution in [0.15, 0.2) is 42.6 Å². The van der Waals surface area contributed by atoms with Crippen LogP contribution in [-0.2, 0) is 12.8 Å². The third-order valence-electron chi connectivity index (χ3n) is 4.95. The van der Waals surface area contributed by atoms with Gasteiger partial charge in [-0.25, -0.2) is 0 Å². The quantitative estimate of drug-likeness (QED) is 0.872. The number of benzene rings is 1. The number of fused-ring (bicyclic) bond motifs is 1. The molecule has 1 saturated heterocycles. The summed E-state index contributed by atoms with van der Waals surface area (Å²) in [6.45, 7) is 2.42.